The van der Waals surface area contributed by atoms with Crippen molar-refractivity contribution in [1.29, 1.82) is 0 Å². The molecule has 2 heterocycles. The van der Waals surface area contributed by atoms with Gasteiger partial charge in [0.15, 0.2) is 0 Å². The first-order valence-corrected chi connectivity index (χ1v) is 6.38. The number of hydrogen-bond donors (Lipinski definition) is 1. The highest BCUT2D eigenvalue weighted by Crippen LogP contribution is 2.29. The molecule has 1 unspecified atom stereocenters. The molecule has 94 valence electrons. The van der Waals surface area contributed by atoms with Crippen LogP contribution in [0.1, 0.15) is 24.9 Å². The molecule has 0 radical (unpaired) electrons. The van der Waals surface area contributed by atoms with E-state index in [2.05, 4.69) is 27.0 Å². The van der Waals surface area contributed by atoms with E-state index in [0.717, 1.165) is 24.7 Å². The summed E-state index contributed by atoms with van der Waals surface area (Å²) in [4.78, 5) is 4.31. The summed E-state index contributed by atoms with van der Waals surface area (Å²) in [6.07, 6.45) is 4.95. The summed E-state index contributed by atoms with van der Waals surface area (Å²) < 4.78 is 7.66. The average Bonchev–Trinajstić information content (AvgIpc) is 2.88. The van der Waals surface area contributed by atoms with E-state index in [1.807, 2.05) is 31.5 Å². The van der Waals surface area contributed by atoms with Crippen molar-refractivity contribution in [1.82, 2.24) is 9.55 Å². The summed E-state index contributed by atoms with van der Waals surface area (Å²) in [5, 5.41) is 3.30. The van der Waals surface area contributed by atoms with Gasteiger partial charge in [0.2, 0.25) is 5.95 Å². The van der Waals surface area contributed by atoms with E-state index >= 15 is 0 Å². The lowest BCUT2D eigenvalue weighted by Gasteiger charge is -2.26. The molecule has 0 spiro atoms. The van der Waals surface area contributed by atoms with Gasteiger partial charge in [0.05, 0.1) is 12.6 Å². The van der Waals surface area contributed by atoms with Crippen LogP contribution in [0.25, 0.3) is 0 Å². The monoisotopic (exact) mass is 243 g/mol. The third-order valence-electron chi connectivity index (χ3n) is 3.28. The summed E-state index contributed by atoms with van der Waals surface area (Å²) in [5.41, 5.74) is 1.30. The van der Waals surface area contributed by atoms with Crippen molar-refractivity contribution in [2.45, 2.75) is 19.4 Å². The summed E-state index contributed by atoms with van der Waals surface area (Å²) in [6.45, 7) is 3.67. The van der Waals surface area contributed by atoms with Crippen LogP contribution in [0, 0.1) is 0 Å². The zero-order valence-electron chi connectivity index (χ0n) is 10.5. The van der Waals surface area contributed by atoms with Gasteiger partial charge in [-0.15, -0.1) is 0 Å². The first kappa shape index (κ1) is 11.1. The Morgan fingerprint density at radius 3 is 3.00 bits per heavy atom. The minimum Gasteiger partial charge on any atom is -0.494 e. The molecule has 18 heavy (non-hydrogen) atoms. The molecular formula is C14H17N3O. The molecule has 1 aromatic carbocycles. The number of ether oxygens (including phenoxy) is 1. The summed E-state index contributed by atoms with van der Waals surface area (Å²) in [7, 11) is 0. The second kappa shape index (κ2) is 4.72. The molecule has 2 aromatic rings. The highest BCUT2D eigenvalue weighted by Gasteiger charge is 2.20. The van der Waals surface area contributed by atoms with Crippen LogP contribution in [0.3, 0.4) is 0 Å². The van der Waals surface area contributed by atoms with Crippen molar-refractivity contribution >= 4 is 5.95 Å². The summed E-state index contributed by atoms with van der Waals surface area (Å²) in [5.74, 6) is 1.89. The third kappa shape index (κ3) is 1.94. The van der Waals surface area contributed by atoms with Gasteiger partial charge in [-0.25, -0.2) is 4.98 Å². The minimum atomic E-state index is 0.374. The molecule has 0 saturated heterocycles. The van der Waals surface area contributed by atoms with Gasteiger partial charge < -0.3 is 14.6 Å². The van der Waals surface area contributed by atoms with E-state index in [-0.39, 0.29) is 0 Å². The van der Waals surface area contributed by atoms with Crippen LogP contribution in [0.15, 0.2) is 36.7 Å². The molecule has 0 saturated carbocycles. The molecule has 1 aromatic heterocycles. The maximum absolute atomic E-state index is 5.47. The van der Waals surface area contributed by atoms with Crippen molar-refractivity contribution in [2.75, 3.05) is 18.5 Å². The van der Waals surface area contributed by atoms with Crippen LogP contribution in [0.2, 0.25) is 0 Å². The van der Waals surface area contributed by atoms with Crippen LogP contribution >= 0.6 is 0 Å². The number of rotatable bonds is 3. The second-order valence-electron chi connectivity index (χ2n) is 4.39. The molecule has 1 atom stereocenters. The first-order valence-electron chi connectivity index (χ1n) is 6.38. The number of hydrogen-bond acceptors (Lipinski definition) is 3. The quantitative estimate of drug-likeness (QED) is 0.900. The number of aromatic nitrogens is 2. The van der Waals surface area contributed by atoms with Gasteiger partial charge in [-0.05, 0) is 31.0 Å². The van der Waals surface area contributed by atoms with Crippen molar-refractivity contribution in [2.24, 2.45) is 0 Å². The number of nitrogens with one attached hydrogen (secondary N) is 1. The zero-order valence-corrected chi connectivity index (χ0v) is 10.5. The zero-order chi connectivity index (χ0) is 12.4. The highest BCUT2D eigenvalue weighted by atomic mass is 16.5. The van der Waals surface area contributed by atoms with Gasteiger partial charge >= 0.3 is 0 Å². The molecule has 0 aliphatic carbocycles. The van der Waals surface area contributed by atoms with Crippen molar-refractivity contribution in [3.63, 3.8) is 0 Å². The molecule has 0 amide bonds. The van der Waals surface area contributed by atoms with Gasteiger partial charge in [-0.1, -0.05) is 12.1 Å². The average molecular weight is 243 g/mol. The Bertz CT molecular complexity index is 518. The minimum absolute atomic E-state index is 0.374. The van der Waals surface area contributed by atoms with Crippen LogP contribution in [-0.2, 0) is 0 Å². The molecule has 1 aliphatic heterocycles. The van der Waals surface area contributed by atoms with Crippen LogP contribution < -0.4 is 10.1 Å². The largest absolute Gasteiger partial charge is 0.494 e. The Hall–Kier alpha value is -1.97. The lowest BCUT2D eigenvalue weighted by Crippen LogP contribution is -2.23. The molecule has 3 rings (SSSR count). The third-order valence-corrected chi connectivity index (χ3v) is 3.28. The molecule has 4 heteroatoms. The van der Waals surface area contributed by atoms with Crippen molar-refractivity contribution in [3.8, 4) is 5.75 Å². The van der Waals surface area contributed by atoms with Crippen molar-refractivity contribution < 1.29 is 4.74 Å². The van der Waals surface area contributed by atoms with Gasteiger partial charge in [0.1, 0.15) is 5.75 Å². The Labute approximate surface area is 107 Å². The molecule has 0 fully saturated rings. The SMILES string of the molecule is CCOc1ccc(C2CCNc3nccn32)cc1. The maximum atomic E-state index is 5.47. The second-order valence-corrected chi connectivity index (χ2v) is 4.39. The van der Waals surface area contributed by atoms with E-state index < -0.39 is 0 Å². The standard InChI is InChI=1S/C14H17N3O/c1-2-18-12-5-3-11(4-6-12)13-7-8-15-14-16-9-10-17(13)14/h3-6,9-10,13H,2,7-8H2,1H3,(H,15,16). The van der Waals surface area contributed by atoms with Crippen LogP contribution in [0.4, 0.5) is 5.95 Å². The number of imidazole rings is 1. The highest BCUT2D eigenvalue weighted by molar-refractivity contribution is 5.36. The molecular weight excluding hydrogens is 226 g/mol. The van der Waals surface area contributed by atoms with Crippen LogP contribution in [0.5, 0.6) is 5.75 Å². The van der Waals surface area contributed by atoms with Gasteiger partial charge in [0.25, 0.3) is 0 Å². The lowest BCUT2D eigenvalue weighted by molar-refractivity contribution is 0.340. The van der Waals surface area contributed by atoms with E-state index in [1.165, 1.54) is 5.56 Å². The fourth-order valence-corrected chi connectivity index (χ4v) is 2.44. The molecule has 0 bridgehead atoms. The molecule has 1 aliphatic rings. The van der Waals surface area contributed by atoms with E-state index in [0.29, 0.717) is 12.6 Å². The summed E-state index contributed by atoms with van der Waals surface area (Å²) >= 11 is 0. The Morgan fingerprint density at radius 1 is 1.39 bits per heavy atom. The predicted octanol–water partition coefficient (Wildman–Crippen LogP) is 2.69. The fraction of sp³-hybridized carbons (Fsp3) is 0.357. The fourth-order valence-electron chi connectivity index (χ4n) is 2.44. The number of fused-ring (bicyclic) bond motifs is 1. The topological polar surface area (TPSA) is 39.1 Å². The smallest absolute Gasteiger partial charge is 0.203 e. The Balaban J connectivity index is 1.88. The first-order chi connectivity index (χ1) is 8.88. The lowest BCUT2D eigenvalue weighted by atomic mass is 10.0. The van der Waals surface area contributed by atoms with Gasteiger partial charge in [0, 0.05) is 18.9 Å². The Morgan fingerprint density at radius 2 is 2.22 bits per heavy atom. The van der Waals surface area contributed by atoms with E-state index in [1.54, 1.807) is 0 Å². The summed E-state index contributed by atoms with van der Waals surface area (Å²) in [6, 6.07) is 8.74. The van der Waals surface area contributed by atoms with Gasteiger partial charge in [-0.2, -0.15) is 0 Å². The van der Waals surface area contributed by atoms with E-state index in [9.17, 15) is 0 Å². The van der Waals surface area contributed by atoms with E-state index in [4.69, 9.17) is 4.74 Å². The molecule has 4 nitrogen and oxygen atoms in total. The van der Waals surface area contributed by atoms with Crippen LogP contribution in [-0.4, -0.2) is 22.7 Å². The normalized spacial score (nSPS) is 17.9. The molecule has 1 N–H and O–H groups in total. The maximum Gasteiger partial charge on any atom is 0.203 e. The Kier molecular flexibility index (Phi) is 2.92. The van der Waals surface area contributed by atoms with Gasteiger partial charge in [-0.3, -0.25) is 0 Å². The number of benzene rings is 1. The number of nitrogens with zero attached hydrogens (tertiary/aromatic N) is 2. The predicted molar refractivity (Wildman–Crippen MR) is 71.1 cm³/mol. The van der Waals surface area contributed by atoms with Crippen molar-refractivity contribution in [3.05, 3.63) is 42.2 Å². The number of anilines is 1.